The molecule has 0 aromatic rings. The van der Waals surface area contributed by atoms with Crippen LogP contribution in [0.4, 0.5) is 0 Å². The minimum absolute atomic E-state index is 0.0509. The number of carbonyl (C=O) groups is 1. The highest BCUT2D eigenvalue weighted by Crippen LogP contribution is 2.41. The lowest BCUT2D eigenvalue weighted by Gasteiger charge is -2.08. The Hall–Kier alpha value is -0.630. The van der Waals surface area contributed by atoms with Crippen LogP contribution in [0.2, 0.25) is 0 Å². The summed E-state index contributed by atoms with van der Waals surface area (Å²) in [7, 11) is 0. The van der Waals surface area contributed by atoms with E-state index in [9.17, 15) is 4.79 Å². The Morgan fingerprint density at radius 3 is 2.70 bits per heavy atom. The topological polar surface area (TPSA) is 37.3 Å². The van der Waals surface area contributed by atoms with Crippen molar-refractivity contribution in [2.24, 2.45) is 17.8 Å². The number of aliphatic hydroxyl groups is 1. The SMILES string of the molecule is O=C1CC2C=CC1C2CO. The van der Waals surface area contributed by atoms with E-state index in [1.165, 1.54) is 0 Å². The van der Waals surface area contributed by atoms with Gasteiger partial charge in [-0.3, -0.25) is 4.79 Å². The van der Waals surface area contributed by atoms with Gasteiger partial charge in [0.15, 0.2) is 0 Å². The minimum atomic E-state index is 0.0509. The van der Waals surface area contributed by atoms with E-state index < -0.39 is 0 Å². The van der Waals surface area contributed by atoms with E-state index in [4.69, 9.17) is 5.11 Å². The number of fused-ring (bicyclic) bond motifs is 2. The summed E-state index contributed by atoms with van der Waals surface area (Å²) in [5.74, 6) is 0.927. The molecule has 2 heteroatoms. The van der Waals surface area contributed by atoms with E-state index in [-0.39, 0.29) is 18.4 Å². The van der Waals surface area contributed by atoms with Crippen LogP contribution in [0.25, 0.3) is 0 Å². The third-order valence-corrected chi connectivity index (χ3v) is 2.60. The van der Waals surface area contributed by atoms with Crippen LogP contribution in [0.3, 0.4) is 0 Å². The van der Waals surface area contributed by atoms with Gasteiger partial charge in [0.05, 0.1) is 0 Å². The number of hydrogen-bond donors (Lipinski definition) is 1. The molecule has 0 aliphatic heterocycles. The van der Waals surface area contributed by atoms with Crippen LogP contribution in [0.5, 0.6) is 0 Å². The predicted octanol–water partition coefficient (Wildman–Crippen LogP) is 0.370. The van der Waals surface area contributed by atoms with Gasteiger partial charge in [-0.2, -0.15) is 0 Å². The molecule has 2 aliphatic carbocycles. The Labute approximate surface area is 59.5 Å². The summed E-state index contributed by atoms with van der Waals surface area (Å²) in [4.78, 5) is 11.0. The zero-order valence-corrected chi connectivity index (χ0v) is 5.66. The van der Waals surface area contributed by atoms with E-state index in [2.05, 4.69) is 6.08 Å². The molecule has 3 unspecified atom stereocenters. The summed E-state index contributed by atoms with van der Waals surface area (Å²) in [5, 5.41) is 8.87. The van der Waals surface area contributed by atoms with Gasteiger partial charge in [-0.15, -0.1) is 0 Å². The van der Waals surface area contributed by atoms with Crippen LogP contribution in [0.1, 0.15) is 6.42 Å². The number of aliphatic hydroxyl groups excluding tert-OH is 1. The first-order valence-corrected chi connectivity index (χ1v) is 3.65. The number of rotatable bonds is 1. The molecule has 1 saturated carbocycles. The normalized spacial score (nSPS) is 43.3. The molecule has 0 radical (unpaired) electrons. The third kappa shape index (κ3) is 0.598. The van der Waals surface area contributed by atoms with Crippen molar-refractivity contribution in [3.63, 3.8) is 0 Å². The Morgan fingerprint density at radius 1 is 1.60 bits per heavy atom. The number of Topliss-reactive ketones (excluding diaryl/α,β-unsaturated/α-hetero) is 1. The van der Waals surface area contributed by atoms with Crippen LogP contribution >= 0.6 is 0 Å². The van der Waals surface area contributed by atoms with Crippen molar-refractivity contribution < 1.29 is 9.90 Å². The summed E-state index contributed by atoms with van der Waals surface area (Å²) in [5.41, 5.74) is 0. The van der Waals surface area contributed by atoms with Crippen molar-refractivity contribution in [1.82, 2.24) is 0 Å². The average molecular weight is 138 g/mol. The Kier molecular flexibility index (Phi) is 1.17. The lowest BCUT2D eigenvalue weighted by molar-refractivity contribution is -0.120. The van der Waals surface area contributed by atoms with Crippen LogP contribution in [0.15, 0.2) is 12.2 Å². The Morgan fingerprint density at radius 2 is 2.40 bits per heavy atom. The van der Waals surface area contributed by atoms with Crippen molar-refractivity contribution in [1.29, 1.82) is 0 Å². The van der Waals surface area contributed by atoms with Crippen molar-refractivity contribution in [3.8, 4) is 0 Å². The smallest absolute Gasteiger partial charge is 0.140 e. The van der Waals surface area contributed by atoms with Gasteiger partial charge in [0.2, 0.25) is 0 Å². The maximum atomic E-state index is 11.0. The van der Waals surface area contributed by atoms with E-state index in [1.54, 1.807) is 0 Å². The first kappa shape index (κ1) is 6.10. The van der Waals surface area contributed by atoms with Crippen LogP contribution < -0.4 is 0 Å². The average Bonchev–Trinajstić information content (AvgIpc) is 2.42. The maximum Gasteiger partial charge on any atom is 0.140 e. The highest BCUT2D eigenvalue weighted by molar-refractivity contribution is 5.87. The van der Waals surface area contributed by atoms with E-state index >= 15 is 0 Å². The molecule has 3 atom stereocenters. The van der Waals surface area contributed by atoms with Gasteiger partial charge < -0.3 is 5.11 Å². The molecule has 2 nitrogen and oxygen atoms in total. The van der Waals surface area contributed by atoms with Crippen molar-refractivity contribution >= 4 is 5.78 Å². The fourth-order valence-electron chi connectivity index (χ4n) is 2.00. The van der Waals surface area contributed by atoms with Crippen molar-refractivity contribution in [3.05, 3.63) is 12.2 Å². The van der Waals surface area contributed by atoms with Gasteiger partial charge in [-0.1, -0.05) is 12.2 Å². The molecule has 10 heavy (non-hydrogen) atoms. The number of carbonyl (C=O) groups excluding carboxylic acids is 1. The second-order valence-corrected chi connectivity index (χ2v) is 3.09. The van der Waals surface area contributed by atoms with E-state index in [0.717, 1.165) is 0 Å². The molecule has 0 aromatic heterocycles. The summed E-state index contributed by atoms with van der Waals surface area (Å²) < 4.78 is 0. The van der Waals surface area contributed by atoms with Gasteiger partial charge in [0, 0.05) is 24.9 Å². The third-order valence-electron chi connectivity index (χ3n) is 2.60. The fourth-order valence-corrected chi connectivity index (χ4v) is 2.00. The van der Waals surface area contributed by atoms with Crippen LogP contribution in [-0.2, 0) is 4.79 Å². The Balaban J connectivity index is 2.25. The lowest BCUT2D eigenvalue weighted by atomic mass is 9.98. The molecular weight excluding hydrogens is 128 g/mol. The zero-order chi connectivity index (χ0) is 7.14. The summed E-state index contributed by atoms with van der Waals surface area (Å²) in [6, 6.07) is 0. The van der Waals surface area contributed by atoms with Crippen molar-refractivity contribution in [2.75, 3.05) is 6.61 Å². The molecule has 0 amide bonds. The minimum Gasteiger partial charge on any atom is -0.396 e. The lowest BCUT2D eigenvalue weighted by Crippen LogP contribution is -2.14. The monoisotopic (exact) mass is 138 g/mol. The van der Waals surface area contributed by atoms with Crippen molar-refractivity contribution in [2.45, 2.75) is 6.42 Å². The number of ketones is 1. The highest BCUT2D eigenvalue weighted by atomic mass is 16.3. The molecule has 2 rings (SSSR count). The molecule has 2 bridgehead atoms. The summed E-state index contributed by atoms with van der Waals surface area (Å²) in [6.07, 6.45) is 4.66. The van der Waals surface area contributed by atoms with Gasteiger partial charge >= 0.3 is 0 Å². The highest BCUT2D eigenvalue weighted by Gasteiger charge is 2.42. The second kappa shape index (κ2) is 1.92. The van der Waals surface area contributed by atoms with Crippen LogP contribution in [0, 0.1) is 17.8 Å². The molecular formula is C8H10O2. The van der Waals surface area contributed by atoms with Gasteiger partial charge in [0.25, 0.3) is 0 Å². The number of allylic oxidation sites excluding steroid dienone is 2. The van der Waals surface area contributed by atoms with Gasteiger partial charge in [0.1, 0.15) is 5.78 Å². The number of hydrogen-bond acceptors (Lipinski definition) is 2. The van der Waals surface area contributed by atoms with E-state index in [1.807, 2.05) is 6.08 Å². The second-order valence-electron chi connectivity index (χ2n) is 3.09. The summed E-state index contributed by atoms with van der Waals surface area (Å²) in [6.45, 7) is 0.161. The predicted molar refractivity (Wildman–Crippen MR) is 36.3 cm³/mol. The largest absolute Gasteiger partial charge is 0.396 e. The quantitative estimate of drug-likeness (QED) is 0.531. The molecule has 0 saturated heterocycles. The van der Waals surface area contributed by atoms with Gasteiger partial charge in [-0.05, 0) is 5.92 Å². The molecule has 1 N–H and O–H groups in total. The summed E-state index contributed by atoms with van der Waals surface area (Å²) >= 11 is 0. The standard InChI is InChI=1S/C8H10O2/c9-4-7-5-1-2-6(7)8(10)3-5/h1-2,5-7,9H,3-4H2. The Bertz CT molecular complexity index is 195. The first-order chi connectivity index (χ1) is 4.83. The zero-order valence-electron chi connectivity index (χ0n) is 5.66. The molecule has 1 fully saturated rings. The van der Waals surface area contributed by atoms with E-state index in [0.29, 0.717) is 18.1 Å². The maximum absolute atomic E-state index is 11.0. The molecule has 54 valence electrons. The van der Waals surface area contributed by atoms with Crippen LogP contribution in [-0.4, -0.2) is 17.5 Å². The molecule has 0 aromatic carbocycles. The van der Waals surface area contributed by atoms with Gasteiger partial charge in [-0.25, -0.2) is 0 Å². The molecule has 0 spiro atoms. The first-order valence-electron chi connectivity index (χ1n) is 3.65. The fraction of sp³-hybridized carbons (Fsp3) is 0.625. The molecule has 2 aliphatic rings. The molecule has 0 heterocycles.